The van der Waals surface area contributed by atoms with Crippen LogP contribution in [0.5, 0.6) is 0 Å². The Kier molecular flexibility index (Phi) is 4.65. The summed E-state index contributed by atoms with van der Waals surface area (Å²) in [6, 6.07) is 6.19. The summed E-state index contributed by atoms with van der Waals surface area (Å²) in [5, 5.41) is 11.8. The zero-order valence-electron chi connectivity index (χ0n) is 8.58. The molecule has 4 heteroatoms. The molecule has 0 unspecified atom stereocenters. The molecule has 1 aromatic carbocycles. The lowest BCUT2D eigenvalue weighted by molar-refractivity contribution is 0.151. The van der Waals surface area contributed by atoms with Gasteiger partial charge in [0.2, 0.25) is 0 Å². The predicted octanol–water partition coefficient (Wildman–Crippen LogP) is 2.09. The Bertz CT molecular complexity index is 287. The molecule has 1 rings (SSSR count). The first-order valence-corrected chi connectivity index (χ1v) is 4.84. The molecular weight excluding hydrogens is 200 g/mol. The Morgan fingerprint density at radius 3 is 2.33 bits per heavy atom. The van der Waals surface area contributed by atoms with Gasteiger partial charge in [0.25, 0.3) is 6.43 Å². The second-order valence-electron chi connectivity index (χ2n) is 3.51. The van der Waals surface area contributed by atoms with Crippen molar-refractivity contribution in [2.75, 3.05) is 6.61 Å². The van der Waals surface area contributed by atoms with Crippen molar-refractivity contribution in [2.45, 2.75) is 25.9 Å². The molecule has 0 aliphatic carbocycles. The molecule has 15 heavy (non-hydrogen) atoms. The molecule has 84 valence electrons. The van der Waals surface area contributed by atoms with Gasteiger partial charge in [-0.05, 0) is 12.5 Å². The highest BCUT2D eigenvalue weighted by molar-refractivity contribution is 5.23. The van der Waals surface area contributed by atoms with Crippen LogP contribution in [0.25, 0.3) is 0 Å². The molecule has 0 saturated heterocycles. The average Bonchev–Trinajstić information content (AvgIpc) is 2.26. The Morgan fingerprint density at radius 2 is 1.87 bits per heavy atom. The van der Waals surface area contributed by atoms with Gasteiger partial charge in [0.1, 0.15) is 0 Å². The van der Waals surface area contributed by atoms with Crippen molar-refractivity contribution in [2.24, 2.45) is 0 Å². The minimum Gasteiger partial charge on any atom is -0.395 e. The number of alkyl halides is 2. The molecule has 1 atom stereocenters. The number of aliphatic hydroxyl groups excluding tert-OH is 1. The van der Waals surface area contributed by atoms with Gasteiger partial charge in [0, 0.05) is 18.2 Å². The zero-order valence-corrected chi connectivity index (χ0v) is 8.58. The molecule has 0 heterocycles. The van der Waals surface area contributed by atoms with Crippen molar-refractivity contribution < 1.29 is 13.9 Å². The fourth-order valence-electron chi connectivity index (χ4n) is 1.14. The molecule has 1 aromatic rings. The normalized spacial score (nSPS) is 13.1. The summed E-state index contributed by atoms with van der Waals surface area (Å²) in [5.74, 6) is 0. The summed E-state index contributed by atoms with van der Waals surface area (Å²) in [7, 11) is 0. The minimum atomic E-state index is -2.41. The monoisotopic (exact) mass is 215 g/mol. The van der Waals surface area contributed by atoms with Crippen LogP contribution in [-0.4, -0.2) is 17.8 Å². The predicted molar refractivity (Wildman–Crippen MR) is 54.8 cm³/mol. The van der Waals surface area contributed by atoms with Crippen molar-refractivity contribution in [3.8, 4) is 0 Å². The topological polar surface area (TPSA) is 32.3 Å². The quantitative estimate of drug-likeness (QED) is 0.788. The van der Waals surface area contributed by atoms with Crippen LogP contribution in [0.1, 0.15) is 24.5 Å². The highest BCUT2D eigenvalue weighted by atomic mass is 19.3. The van der Waals surface area contributed by atoms with Gasteiger partial charge >= 0.3 is 0 Å². The van der Waals surface area contributed by atoms with Crippen LogP contribution in [0.2, 0.25) is 0 Å². The van der Waals surface area contributed by atoms with Crippen LogP contribution in [0, 0.1) is 0 Å². The lowest BCUT2D eigenvalue weighted by atomic mass is 10.1. The number of halogens is 2. The summed E-state index contributed by atoms with van der Waals surface area (Å²) in [6.07, 6.45) is -2.41. The molecule has 0 spiro atoms. The maximum Gasteiger partial charge on any atom is 0.263 e. The van der Waals surface area contributed by atoms with Gasteiger partial charge in [0.05, 0.1) is 6.61 Å². The summed E-state index contributed by atoms with van der Waals surface area (Å²) < 4.78 is 24.4. The second-order valence-corrected chi connectivity index (χ2v) is 3.51. The lowest BCUT2D eigenvalue weighted by Crippen LogP contribution is -2.28. The molecule has 0 radical (unpaired) electrons. The van der Waals surface area contributed by atoms with E-state index in [1.54, 1.807) is 12.1 Å². The third kappa shape index (κ3) is 3.93. The van der Waals surface area contributed by atoms with Gasteiger partial charge in [-0.15, -0.1) is 0 Å². The highest BCUT2D eigenvalue weighted by Gasteiger charge is 2.06. The van der Waals surface area contributed by atoms with Gasteiger partial charge in [-0.2, -0.15) is 0 Å². The third-order valence-electron chi connectivity index (χ3n) is 2.16. The van der Waals surface area contributed by atoms with Crippen LogP contribution in [0.4, 0.5) is 8.78 Å². The molecule has 0 amide bonds. The molecule has 0 bridgehead atoms. The first kappa shape index (κ1) is 12.1. The van der Waals surface area contributed by atoms with Crippen LogP contribution in [0.3, 0.4) is 0 Å². The Morgan fingerprint density at radius 1 is 1.27 bits per heavy atom. The molecule has 0 fully saturated rings. The minimum absolute atomic E-state index is 0.0137. The Labute approximate surface area is 87.9 Å². The van der Waals surface area contributed by atoms with E-state index in [4.69, 9.17) is 5.11 Å². The van der Waals surface area contributed by atoms with Gasteiger partial charge in [-0.3, -0.25) is 0 Å². The van der Waals surface area contributed by atoms with E-state index in [2.05, 4.69) is 5.32 Å². The molecule has 2 nitrogen and oxygen atoms in total. The molecule has 0 aromatic heterocycles. The standard InChI is InChI=1S/C11H15F2NO/c1-8(7-15)14-6-9-2-4-10(5-3-9)11(12)13/h2-5,8,11,14-15H,6-7H2,1H3/t8-/m1/s1. The Balaban J connectivity index is 2.50. The molecule has 0 aliphatic rings. The van der Waals surface area contributed by atoms with Crippen LogP contribution < -0.4 is 5.32 Å². The molecular formula is C11H15F2NO. The van der Waals surface area contributed by atoms with E-state index in [1.807, 2.05) is 6.92 Å². The van der Waals surface area contributed by atoms with Crippen molar-refractivity contribution in [1.82, 2.24) is 5.32 Å². The number of hydrogen-bond donors (Lipinski definition) is 2. The highest BCUT2D eigenvalue weighted by Crippen LogP contribution is 2.18. The van der Waals surface area contributed by atoms with E-state index in [0.29, 0.717) is 6.54 Å². The van der Waals surface area contributed by atoms with E-state index >= 15 is 0 Å². The fourth-order valence-corrected chi connectivity index (χ4v) is 1.14. The number of nitrogens with one attached hydrogen (secondary N) is 1. The van der Waals surface area contributed by atoms with Gasteiger partial charge in [-0.25, -0.2) is 8.78 Å². The van der Waals surface area contributed by atoms with E-state index in [9.17, 15) is 8.78 Å². The van der Waals surface area contributed by atoms with E-state index in [-0.39, 0.29) is 18.2 Å². The van der Waals surface area contributed by atoms with Crippen molar-refractivity contribution in [3.63, 3.8) is 0 Å². The summed E-state index contributed by atoms with van der Waals surface area (Å²) in [6.45, 7) is 2.49. The smallest absolute Gasteiger partial charge is 0.263 e. The molecule has 2 N–H and O–H groups in total. The molecule has 0 aliphatic heterocycles. The summed E-state index contributed by atoms with van der Waals surface area (Å²) >= 11 is 0. The van der Waals surface area contributed by atoms with Crippen molar-refractivity contribution in [1.29, 1.82) is 0 Å². The SMILES string of the molecule is C[C@H](CO)NCc1ccc(C(F)F)cc1. The first-order valence-electron chi connectivity index (χ1n) is 4.84. The largest absolute Gasteiger partial charge is 0.395 e. The Hall–Kier alpha value is -1.00. The van der Waals surface area contributed by atoms with E-state index in [0.717, 1.165) is 5.56 Å². The zero-order chi connectivity index (χ0) is 11.3. The fraction of sp³-hybridized carbons (Fsp3) is 0.455. The third-order valence-corrected chi connectivity index (χ3v) is 2.16. The van der Waals surface area contributed by atoms with Gasteiger partial charge in [0.15, 0.2) is 0 Å². The van der Waals surface area contributed by atoms with E-state index < -0.39 is 6.43 Å². The van der Waals surface area contributed by atoms with E-state index in [1.165, 1.54) is 12.1 Å². The first-order chi connectivity index (χ1) is 7.13. The number of hydrogen-bond acceptors (Lipinski definition) is 2. The number of aliphatic hydroxyl groups is 1. The number of benzene rings is 1. The summed E-state index contributed by atoms with van der Waals surface area (Å²) in [4.78, 5) is 0. The van der Waals surface area contributed by atoms with Crippen LogP contribution >= 0.6 is 0 Å². The van der Waals surface area contributed by atoms with Gasteiger partial charge in [-0.1, -0.05) is 24.3 Å². The summed E-state index contributed by atoms with van der Waals surface area (Å²) in [5.41, 5.74) is 0.966. The van der Waals surface area contributed by atoms with Crippen LogP contribution in [0.15, 0.2) is 24.3 Å². The average molecular weight is 215 g/mol. The molecule has 0 saturated carbocycles. The van der Waals surface area contributed by atoms with Crippen molar-refractivity contribution in [3.05, 3.63) is 35.4 Å². The number of rotatable bonds is 5. The maximum atomic E-state index is 12.2. The lowest BCUT2D eigenvalue weighted by Gasteiger charge is -2.10. The maximum absolute atomic E-state index is 12.2. The van der Waals surface area contributed by atoms with Gasteiger partial charge < -0.3 is 10.4 Å². The van der Waals surface area contributed by atoms with Crippen LogP contribution in [-0.2, 0) is 6.54 Å². The van der Waals surface area contributed by atoms with Crippen molar-refractivity contribution >= 4 is 0 Å². The second kappa shape index (κ2) is 5.78.